The zero-order valence-electron chi connectivity index (χ0n) is 14.5. The lowest BCUT2D eigenvalue weighted by Crippen LogP contribution is -2.20. The summed E-state index contributed by atoms with van der Waals surface area (Å²) in [6.45, 7) is 3.98. The van der Waals surface area contributed by atoms with Gasteiger partial charge in [0.25, 0.3) is 0 Å². The van der Waals surface area contributed by atoms with Crippen molar-refractivity contribution in [1.29, 1.82) is 0 Å². The van der Waals surface area contributed by atoms with Crippen LogP contribution in [0.1, 0.15) is 29.5 Å². The fraction of sp³-hybridized carbons (Fsp3) is 0.211. The second-order valence-electron chi connectivity index (χ2n) is 5.81. The summed E-state index contributed by atoms with van der Waals surface area (Å²) in [4.78, 5) is 23.7. The van der Waals surface area contributed by atoms with E-state index < -0.39 is 0 Å². The van der Waals surface area contributed by atoms with Gasteiger partial charge in [0.15, 0.2) is 0 Å². The lowest BCUT2D eigenvalue weighted by atomic mass is 10.1. The highest BCUT2D eigenvalue weighted by molar-refractivity contribution is 6.36. The molecule has 0 saturated carbocycles. The number of halogens is 2. The summed E-state index contributed by atoms with van der Waals surface area (Å²) in [5.74, 6) is -0.588. The first kappa shape index (κ1) is 19.9. The van der Waals surface area contributed by atoms with Crippen LogP contribution >= 0.6 is 23.2 Å². The van der Waals surface area contributed by atoms with Gasteiger partial charge in [0.05, 0.1) is 11.2 Å². The fourth-order valence-corrected chi connectivity index (χ4v) is 2.56. The predicted octanol–water partition coefficient (Wildman–Crippen LogP) is 4.48. The third kappa shape index (κ3) is 6.17. The second kappa shape index (κ2) is 9.36. The summed E-state index contributed by atoms with van der Waals surface area (Å²) in [6.07, 6.45) is 1.52. The van der Waals surface area contributed by atoms with Crippen molar-refractivity contribution >= 4 is 46.9 Å². The molecule has 0 unspecified atom stereocenters. The van der Waals surface area contributed by atoms with Crippen molar-refractivity contribution in [2.45, 2.75) is 26.7 Å². The van der Waals surface area contributed by atoms with Crippen molar-refractivity contribution in [3.05, 3.63) is 63.1 Å². The largest absolute Gasteiger partial charge is 0.326 e. The van der Waals surface area contributed by atoms with Crippen molar-refractivity contribution in [2.24, 2.45) is 5.10 Å². The van der Waals surface area contributed by atoms with E-state index in [9.17, 15) is 9.59 Å². The molecule has 7 heteroatoms. The smallest absolute Gasteiger partial charge is 0.240 e. The maximum atomic E-state index is 11.9. The second-order valence-corrected chi connectivity index (χ2v) is 6.65. The molecule has 0 aliphatic heterocycles. The number of hydrogen-bond acceptors (Lipinski definition) is 3. The van der Waals surface area contributed by atoms with Gasteiger partial charge in [0.1, 0.15) is 0 Å². The summed E-state index contributed by atoms with van der Waals surface area (Å²) < 4.78 is 0. The van der Waals surface area contributed by atoms with Crippen LogP contribution in [0.15, 0.2) is 41.5 Å². The topological polar surface area (TPSA) is 70.6 Å². The van der Waals surface area contributed by atoms with Crippen molar-refractivity contribution in [1.82, 2.24) is 5.43 Å². The van der Waals surface area contributed by atoms with Gasteiger partial charge in [-0.05, 0) is 49.2 Å². The zero-order valence-corrected chi connectivity index (χ0v) is 16.0. The number of amides is 2. The Kier molecular flexibility index (Phi) is 7.18. The SMILES string of the molecule is Cc1ccc(NC(=O)CCC(=O)N/N=C/c2ccc(Cl)cc2Cl)cc1C. The van der Waals surface area contributed by atoms with Crippen molar-refractivity contribution in [3.8, 4) is 0 Å². The van der Waals surface area contributed by atoms with E-state index in [0.717, 1.165) is 11.1 Å². The van der Waals surface area contributed by atoms with Crippen molar-refractivity contribution in [3.63, 3.8) is 0 Å². The third-order valence-electron chi connectivity index (χ3n) is 3.73. The maximum Gasteiger partial charge on any atom is 0.240 e. The van der Waals surface area contributed by atoms with Crippen LogP contribution in [0.4, 0.5) is 5.69 Å². The summed E-state index contributed by atoms with van der Waals surface area (Å²) in [5.41, 5.74) is 5.96. The van der Waals surface area contributed by atoms with Crippen LogP contribution in [-0.2, 0) is 9.59 Å². The highest BCUT2D eigenvalue weighted by Crippen LogP contribution is 2.19. The van der Waals surface area contributed by atoms with Gasteiger partial charge < -0.3 is 5.32 Å². The number of benzene rings is 2. The number of rotatable bonds is 6. The third-order valence-corrected chi connectivity index (χ3v) is 4.29. The molecule has 2 aromatic rings. The standard InChI is InChI=1S/C19H19Cl2N3O2/c1-12-3-6-16(9-13(12)2)23-18(25)7-8-19(26)24-22-11-14-4-5-15(20)10-17(14)21/h3-6,9-11H,7-8H2,1-2H3,(H,23,25)(H,24,26)/b22-11+. The number of aryl methyl sites for hydroxylation is 2. The zero-order chi connectivity index (χ0) is 19.1. The monoisotopic (exact) mass is 391 g/mol. The lowest BCUT2D eigenvalue weighted by Gasteiger charge is -2.07. The van der Waals surface area contributed by atoms with E-state index in [-0.39, 0.29) is 24.7 Å². The Hall–Kier alpha value is -2.37. The van der Waals surface area contributed by atoms with Crippen molar-refractivity contribution < 1.29 is 9.59 Å². The van der Waals surface area contributed by atoms with Crippen LogP contribution < -0.4 is 10.7 Å². The fourth-order valence-electron chi connectivity index (χ4n) is 2.11. The van der Waals surface area contributed by atoms with Crippen molar-refractivity contribution in [2.75, 3.05) is 5.32 Å². The van der Waals surface area contributed by atoms with Crippen LogP contribution in [0, 0.1) is 13.8 Å². The summed E-state index contributed by atoms with van der Waals surface area (Å²) >= 11 is 11.8. The van der Waals surface area contributed by atoms with E-state index in [0.29, 0.717) is 21.3 Å². The molecule has 136 valence electrons. The molecule has 2 rings (SSSR count). The molecule has 0 heterocycles. The minimum Gasteiger partial charge on any atom is -0.326 e. The molecule has 0 radical (unpaired) electrons. The molecule has 26 heavy (non-hydrogen) atoms. The molecule has 2 amide bonds. The molecule has 2 N–H and O–H groups in total. The molecular formula is C19H19Cl2N3O2. The molecule has 2 aromatic carbocycles. The maximum absolute atomic E-state index is 11.9. The molecule has 5 nitrogen and oxygen atoms in total. The van der Waals surface area contributed by atoms with E-state index in [4.69, 9.17) is 23.2 Å². The van der Waals surface area contributed by atoms with Gasteiger partial charge in [-0.1, -0.05) is 35.3 Å². The minimum absolute atomic E-state index is 0.0301. The summed E-state index contributed by atoms with van der Waals surface area (Å²) in [6, 6.07) is 10.6. The highest BCUT2D eigenvalue weighted by Gasteiger charge is 2.07. The number of carbonyl (C=O) groups excluding carboxylic acids is 2. The average Bonchev–Trinajstić information content (AvgIpc) is 2.58. The molecule has 0 saturated heterocycles. The molecule has 0 aliphatic carbocycles. The van der Waals surface area contributed by atoms with E-state index in [1.807, 2.05) is 32.0 Å². The molecule has 0 aromatic heterocycles. The van der Waals surface area contributed by atoms with E-state index in [2.05, 4.69) is 15.8 Å². The van der Waals surface area contributed by atoms with Crippen LogP contribution in [0.5, 0.6) is 0 Å². The Balaban J connectivity index is 1.78. The number of nitrogens with one attached hydrogen (secondary N) is 2. The number of hydrazone groups is 1. The highest BCUT2D eigenvalue weighted by atomic mass is 35.5. The van der Waals surface area contributed by atoms with Gasteiger partial charge in [-0.2, -0.15) is 5.10 Å². The number of hydrogen-bond donors (Lipinski definition) is 2. The Labute approximate surface area is 162 Å². The average molecular weight is 392 g/mol. The van der Waals surface area contributed by atoms with Gasteiger partial charge in [-0.15, -0.1) is 0 Å². The number of nitrogens with zero attached hydrogens (tertiary/aromatic N) is 1. The van der Waals surface area contributed by atoms with Crippen LogP contribution in [0.3, 0.4) is 0 Å². The molecular weight excluding hydrogens is 373 g/mol. The van der Waals surface area contributed by atoms with Crippen LogP contribution in [0.2, 0.25) is 10.0 Å². The number of carbonyl (C=O) groups is 2. The van der Waals surface area contributed by atoms with E-state index >= 15 is 0 Å². The van der Waals surface area contributed by atoms with Crippen LogP contribution in [-0.4, -0.2) is 18.0 Å². The van der Waals surface area contributed by atoms with E-state index in [1.165, 1.54) is 6.21 Å². The molecule has 0 atom stereocenters. The Morgan fingerprint density at radius 3 is 2.42 bits per heavy atom. The molecule has 0 fully saturated rings. The lowest BCUT2D eigenvalue weighted by molar-refractivity contribution is -0.124. The first-order valence-electron chi connectivity index (χ1n) is 7.99. The molecule has 0 aliphatic rings. The Morgan fingerprint density at radius 1 is 1.00 bits per heavy atom. The summed E-state index contributed by atoms with van der Waals surface area (Å²) in [5, 5.41) is 7.56. The molecule has 0 spiro atoms. The van der Waals surface area contributed by atoms with Crippen LogP contribution in [0.25, 0.3) is 0 Å². The first-order valence-corrected chi connectivity index (χ1v) is 8.75. The van der Waals surface area contributed by atoms with Gasteiger partial charge in [-0.25, -0.2) is 5.43 Å². The number of anilines is 1. The first-order chi connectivity index (χ1) is 12.3. The Bertz CT molecular complexity index is 851. The quantitative estimate of drug-likeness (QED) is 0.562. The summed E-state index contributed by atoms with van der Waals surface area (Å²) in [7, 11) is 0. The minimum atomic E-state index is -0.360. The Morgan fingerprint density at radius 2 is 1.73 bits per heavy atom. The normalized spacial score (nSPS) is 10.8. The van der Waals surface area contributed by atoms with Gasteiger partial charge in [-0.3, -0.25) is 9.59 Å². The van der Waals surface area contributed by atoms with Gasteiger partial charge in [0.2, 0.25) is 11.8 Å². The predicted molar refractivity (Wildman–Crippen MR) is 106 cm³/mol. The van der Waals surface area contributed by atoms with Gasteiger partial charge >= 0.3 is 0 Å². The van der Waals surface area contributed by atoms with Gasteiger partial charge in [0, 0.05) is 29.1 Å². The van der Waals surface area contributed by atoms with E-state index in [1.54, 1.807) is 18.2 Å². The molecule has 0 bridgehead atoms.